The fourth-order valence-electron chi connectivity index (χ4n) is 2.71. The fourth-order valence-corrected chi connectivity index (χ4v) is 2.71. The van der Waals surface area contributed by atoms with Crippen molar-refractivity contribution in [1.82, 2.24) is 10.2 Å². The highest BCUT2D eigenvalue weighted by Gasteiger charge is 2.21. The Morgan fingerprint density at radius 2 is 1.76 bits per heavy atom. The third kappa shape index (κ3) is 6.22. The van der Waals surface area contributed by atoms with Crippen LogP contribution in [0.25, 0.3) is 0 Å². The van der Waals surface area contributed by atoms with Gasteiger partial charge in [-0.2, -0.15) is 5.26 Å². The zero-order valence-electron chi connectivity index (χ0n) is 16.9. The van der Waals surface area contributed by atoms with Crippen LogP contribution in [0.5, 0.6) is 0 Å². The highest BCUT2D eigenvalue weighted by atomic mass is 16.5. The van der Waals surface area contributed by atoms with Crippen LogP contribution in [0, 0.1) is 11.3 Å². The highest BCUT2D eigenvalue weighted by Crippen LogP contribution is 2.12. The molecule has 0 aliphatic heterocycles. The summed E-state index contributed by atoms with van der Waals surface area (Å²) in [6, 6.07) is 18.5. The summed E-state index contributed by atoms with van der Waals surface area (Å²) in [7, 11) is 1.33. The number of nitrogens with one attached hydrogen (secondary N) is 1. The van der Waals surface area contributed by atoms with Crippen LogP contribution in [0.2, 0.25) is 0 Å². The van der Waals surface area contributed by atoms with E-state index in [1.54, 1.807) is 29.2 Å². The fraction of sp³-hybridized carbons (Fsp3) is 0.261. The Hall–Kier alpha value is -3.59. The van der Waals surface area contributed by atoms with Crippen molar-refractivity contribution in [2.24, 2.45) is 0 Å². The van der Waals surface area contributed by atoms with Crippen LogP contribution >= 0.6 is 0 Å². The van der Waals surface area contributed by atoms with Gasteiger partial charge in [0.25, 0.3) is 5.91 Å². The van der Waals surface area contributed by atoms with Gasteiger partial charge in [0.1, 0.15) is 11.6 Å². The monoisotopic (exact) mass is 391 g/mol. The number of amides is 1. The van der Waals surface area contributed by atoms with Crippen molar-refractivity contribution in [3.63, 3.8) is 0 Å². The quantitative estimate of drug-likeness (QED) is 0.424. The second kappa shape index (κ2) is 10.7. The Bertz CT molecular complexity index is 897. The van der Waals surface area contributed by atoms with Gasteiger partial charge in [0.2, 0.25) is 0 Å². The summed E-state index contributed by atoms with van der Waals surface area (Å²) in [5.41, 5.74) is 2.42. The molecule has 0 aliphatic carbocycles. The Balaban J connectivity index is 2.04. The molecule has 0 heterocycles. The van der Waals surface area contributed by atoms with Gasteiger partial charge in [-0.25, -0.2) is 4.79 Å². The first-order chi connectivity index (χ1) is 14.0. The average molecular weight is 391 g/mol. The summed E-state index contributed by atoms with van der Waals surface area (Å²) < 4.78 is 4.67. The maximum atomic E-state index is 12.9. The Morgan fingerprint density at radius 3 is 2.31 bits per heavy atom. The lowest BCUT2D eigenvalue weighted by molar-refractivity contribution is -0.129. The third-order valence-electron chi connectivity index (χ3n) is 4.36. The lowest BCUT2D eigenvalue weighted by Gasteiger charge is -2.26. The summed E-state index contributed by atoms with van der Waals surface area (Å²) in [5, 5.41) is 12.5. The van der Waals surface area contributed by atoms with E-state index >= 15 is 0 Å². The van der Waals surface area contributed by atoms with E-state index in [2.05, 4.69) is 10.1 Å². The third-order valence-corrected chi connectivity index (χ3v) is 4.36. The molecule has 1 N–H and O–H groups in total. The van der Waals surface area contributed by atoms with Gasteiger partial charge in [-0.1, -0.05) is 42.5 Å². The number of nitrogens with zero attached hydrogens (tertiary/aromatic N) is 2. The molecule has 0 saturated heterocycles. The average Bonchev–Trinajstić information content (AvgIpc) is 2.75. The van der Waals surface area contributed by atoms with Gasteiger partial charge in [0.05, 0.1) is 12.7 Å². The van der Waals surface area contributed by atoms with E-state index in [9.17, 15) is 14.9 Å². The largest absolute Gasteiger partial charge is 0.465 e. The van der Waals surface area contributed by atoms with Crippen LogP contribution in [-0.2, 0) is 22.6 Å². The molecule has 0 saturated carbocycles. The minimum Gasteiger partial charge on any atom is -0.465 e. The van der Waals surface area contributed by atoms with Gasteiger partial charge in [0, 0.05) is 25.3 Å². The molecule has 0 aliphatic rings. The zero-order valence-corrected chi connectivity index (χ0v) is 16.9. The summed E-state index contributed by atoms with van der Waals surface area (Å²) in [4.78, 5) is 26.0. The molecule has 0 aromatic heterocycles. The van der Waals surface area contributed by atoms with Crippen LogP contribution in [0.1, 0.15) is 35.3 Å². The van der Waals surface area contributed by atoms with E-state index in [1.165, 1.54) is 13.3 Å². The second-order valence-electron chi connectivity index (χ2n) is 6.75. The van der Waals surface area contributed by atoms with Crippen molar-refractivity contribution >= 4 is 11.9 Å². The minimum absolute atomic E-state index is 0.0424. The lowest BCUT2D eigenvalue weighted by Crippen LogP contribution is -2.37. The normalized spacial score (nSPS) is 10.9. The molecule has 0 unspecified atom stereocenters. The Morgan fingerprint density at radius 1 is 1.10 bits per heavy atom. The molecular weight excluding hydrogens is 366 g/mol. The van der Waals surface area contributed by atoms with E-state index in [4.69, 9.17) is 0 Å². The zero-order chi connectivity index (χ0) is 21.2. The first kappa shape index (κ1) is 21.7. The standard InChI is InChI=1S/C23H25N3O3/c1-17(2)26(16-19-7-5-4-6-8-19)22(27)21(13-24)15-25-14-18-9-11-20(12-10-18)23(28)29-3/h4-12,15,17,25H,14,16H2,1-3H3/b21-15-. The number of esters is 1. The number of hydrogen-bond acceptors (Lipinski definition) is 5. The van der Waals surface area contributed by atoms with Crippen molar-refractivity contribution in [3.8, 4) is 6.07 Å². The number of rotatable bonds is 8. The topological polar surface area (TPSA) is 82.4 Å². The molecule has 0 atom stereocenters. The van der Waals surface area contributed by atoms with Gasteiger partial charge in [-0.15, -0.1) is 0 Å². The van der Waals surface area contributed by atoms with E-state index in [0.717, 1.165) is 11.1 Å². The number of ether oxygens (including phenoxy) is 1. The van der Waals surface area contributed by atoms with Crippen molar-refractivity contribution < 1.29 is 14.3 Å². The molecule has 0 spiro atoms. The van der Waals surface area contributed by atoms with Crippen LogP contribution in [-0.4, -0.2) is 29.9 Å². The number of nitriles is 1. The molecule has 6 nitrogen and oxygen atoms in total. The molecule has 0 radical (unpaired) electrons. The molecule has 150 valence electrons. The van der Waals surface area contributed by atoms with Crippen molar-refractivity contribution in [2.45, 2.75) is 33.0 Å². The van der Waals surface area contributed by atoms with Crippen molar-refractivity contribution in [3.05, 3.63) is 83.1 Å². The van der Waals surface area contributed by atoms with Gasteiger partial charge in [-0.3, -0.25) is 4.79 Å². The predicted octanol–water partition coefficient (Wildman–Crippen LogP) is 3.41. The van der Waals surface area contributed by atoms with Crippen molar-refractivity contribution in [1.29, 1.82) is 5.26 Å². The van der Waals surface area contributed by atoms with Crippen molar-refractivity contribution in [2.75, 3.05) is 7.11 Å². The molecule has 2 aromatic carbocycles. The maximum absolute atomic E-state index is 12.9. The smallest absolute Gasteiger partial charge is 0.337 e. The molecular formula is C23H25N3O3. The van der Waals surface area contributed by atoms with Crippen LogP contribution < -0.4 is 5.32 Å². The van der Waals surface area contributed by atoms with E-state index in [1.807, 2.05) is 50.2 Å². The van der Waals surface area contributed by atoms with Gasteiger partial charge in [0.15, 0.2) is 0 Å². The highest BCUT2D eigenvalue weighted by molar-refractivity contribution is 5.97. The van der Waals surface area contributed by atoms with Crippen LogP contribution in [0.4, 0.5) is 0 Å². The Labute approximate surface area is 171 Å². The summed E-state index contributed by atoms with van der Waals surface area (Å²) in [6.45, 7) is 4.70. The van der Waals surface area contributed by atoms with Gasteiger partial charge in [-0.05, 0) is 37.1 Å². The molecule has 2 aromatic rings. The first-order valence-electron chi connectivity index (χ1n) is 9.32. The molecule has 6 heteroatoms. The van der Waals surface area contributed by atoms with E-state index in [0.29, 0.717) is 18.7 Å². The second-order valence-corrected chi connectivity index (χ2v) is 6.75. The summed E-state index contributed by atoms with van der Waals surface area (Å²) in [5.74, 6) is -0.714. The molecule has 2 rings (SSSR count). The first-order valence-corrected chi connectivity index (χ1v) is 9.32. The number of benzene rings is 2. The van der Waals surface area contributed by atoms with Gasteiger partial charge < -0.3 is 15.0 Å². The summed E-state index contributed by atoms with van der Waals surface area (Å²) >= 11 is 0. The van der Waals surface area contributed by atoms with Gasteiger partial charge >= 0.3 is 5.97 Å². The Kier molecular flexibility index (Phi) is 7.99. The minimum atomic E-state index is -0.394. The number of hydrogen-bond donors (Lipinski definition) is 1. The molecule has 0 bridgehead atoms. The SMILES string of the molecule is COC(=O)c1ccc(CN/C=C(/C#N)C(=O)N(Cc2ccccc2)C(C)C)cc1. The summed E-state index contributed by atoms with van der Waals surface area (Å²) in [6.07, 6.45) is 1.44. The van der Waals surface area contributed by atoms with Crippen LogP contribution in [0.15, 0.2) is 66.4 Å². The number of carbonyl (C=O) groups is 2. The lowest BCUT2D eigenvalue weighted by atomic mass is 10.1. The number of carbonyl (C=O) groups excluding carboxylic acids is 2. The predicted molar refractivity (Wildman–Crippen MR) is 110 cm³/mol. The molecule has 1 amide bonds. The molecule has 29 heavy (non-hydrogen) atoms. The molecule has 0 fully saturated rings. The van der Waals surface area contributed by atoms with E-state index < -0.39 is 5.97 Å². The number of methoxy groups -OCH3 is 1. The maximum Gasteiger partial charge on any atom is 0.337 e. The van der Waals surface area contributed by atoms with E-state index in [-0.39, 0.29) is 17.5 Å². The van der Waals surface area contributed by atoms with Crippen LogP contribution in [0.3, 0.4) is 0 Å².